The van der Waals surface area contributed by atoms with Gasteiger partial charge in [-0.15, -0.1) is 11.3 Å². The number of hydrogen-bond donors (Lipinski definition) is 2. The number of aryl methyl sites for hydroxylation is 1. The van der Waals surface area contributed by atoms with E-state index in [1.807, 2.05) is 49.6 Å². The lowest BCUT2D eigenvalue weighted by molar-refractivity contribution is -0.118. The van der Waals surface area contributed by atoms with Crippen LogP contribution in [0.25, 0.3) is 10.7 Å². The molecule has 1 unspecified atom stereocenters. The van der Waals surface area contributed by atoms with Crippen molar-refractivity contribution in [3.63, 3.8) is 0 Å². The zero-order chi connectivity index (χ0) is 17.3. The Kier molecular flexibility index (Phi) is 4.98. The molecule has 5 nitrogen and oxygen atoms in total. The van der Waals surface area contributed by atoms with E-state index in [1.165, 1.54) is 0 Å². The zero-order valence-corrected chi connectivity index (χ0v) is 16.3. The minimum Gasteiger partial charge on any atom is -0.324 e. The molecule has 0 radical (unpaired) electrons. The molecule has 0 saturated carbocycles. The number of aromatic amines is 1. The van der Waals surface area contributed by atoms with Gasteiger partial charge in [0, 0.05) is 10.2 Å². The summed E-state index contributed by atoms with van der Waals surface area (Å²) in [6, 6.07) is 9.10. The number of amides is 1. The summed E-state index contributed by atoms with van der Waals surface area (Å²) in [7, 11) is 0. The number of nitrogens with zero attached hydrogens (tertiary/aromatic N) is 2. The molecular formula is C16H15BrN4OS2. The normalized spacial score (nSPS) is 12.1. The van der Waals surface area contributed by atoms with Crippen LogP contribution in [0.5, 0.6) is 0 Å². The number of rotatable bonds is 4. The first kappa shape index (κ1) is 17.1. The quantitative estimate of drug-likeness (QED) is 0.585. The molecule has 1 amide bonds. The van der Waals surface area contributed by atoms with E-state index in [0.717, 1.165) is 20.6 Å². The number of carbonyl (C=O) groups is 1. The summed E-state index contributed by atoms with van der Waals surface area (Å²) in [6.07, 6.45) is 0. The number of benzene rings is 1. The molecule has 0 bridgehead atoms. The highest BCUT2D eigenvalue weighted by Gasteiger charge is 2.21. The largest absolute Gasteiger partial charge is 0.324 e. The van der Waals surface area contributed by atoms with Crippen molar-refractivity contribution < 1.29 is 4.79 Å². The van der Waals surface area contributed by atoms with Crippen molar-refractivity contribution in [3.05, 3.63) is 50.5 Å². The second-order valence-electron chi connectivity index (χ2n) is 5.33. The Balaban J connectivity index is 1.88. The smallest absolute Gasteiger partial charge is 0.247 e. The van der Waals surface area contributed by atoms with Gasteiger partial charge in [-0.2, -0.15) is 5.10 Å². The van der Waals surface area contributed by atoms with E-state index < -0.39 is 6.04 Å². The number of H-pyrrole nitrogens is 1. The number of nitrogens with one attached hydrogen (secondary N) is 2. The highest BCUT2D eigenvalue weighted by Crippen LogP contribution is 2.26. The predicted octanol–water partition coefficient (Wildman–Crippen LogP) is 4.94. The Bertz CT molecular complexity index is 930. The summed E-state index contributed by atoms with van der Waals surface area (Å²) in [4.78, 5) is 13.6. The summed E-state index contributed by atoms with van der Waals surface area (Å²) in [5, 5.41) is 11.9. The van der Waals surface area contributed by atoms with Gasteiger partial charge < -0.3 is 5.32 Å². The van der Waals surface area contributed by atoms with Crippen molar-refractivity contribution in [2.75, 3.05) is 5.32 Å². The molecule has 0 fully saturated rings. The van der Waals surface area contributed by atoms with Gasteiger partial charge in [0.15, 0.2) is 10.6 Å². The summed E-state index contributed by atoms with van der Waals surface area (Å²) in [5.74, 6) is 0.525. The van der Waals surface area contributed by atoms with E-state index >= 15 is 0 Å². The first-order valence-corrected chi connectivity index (χ1v) is 9.33. The topological polar surface area (TPSA) is 62.7 Å². The highest BCUT2D eigenvalue weighted by atomic mass is 79.9. The van der Waals surface area contributed by atoms with Crippen molar-refractivity contribution in [3.8, 4) is 10.7 Å². The number of carbonyl (C=O) groups excluding carboxylic acids is 1. The molecule has 0 aliphatic rings. The fraction of sp³-hybridized carbons (Fsp3) is 0.188. The highest BCUT2D eigenvalue weighted by molar-refractivity contribution is 9.10. The van der Waals surface area contributed by atoms with Gasteiger partial charge in [-0.1, -0.05) is 22.0 Å². The molecule has 2 N–H and O–H groups in total. The molecule has 0 aliphatic heterocycles. The van der Waals surface area contributed by atoms with Gasteiger partial charge in [0.05, 0.1) is 4.88 Å². The van der Waals surface area contributed by atoms with E-state index in [0.29, 0.717) is 10.6 Å². The van der Waals surface area contributed by atoms with Gasteiger partial charge in [0.1, 0.15) is 6.04 Å². The third-order valence-corrected chi connectivity index (χ3v) is 5.68. The lowest BCUT2D eigenvalue weighted by atomic mass is 10.2. The van der Waals surface area contributed by atoms with E-state index in [9.17, 15) is 4.79 Å². The van der Waals surface area contributed by atoms with Crippen molar-refractivity contribution in [2.45, 2.75) is 19.9 Å². The fourth-order valence-corrected chi connectivity index (χ4v) is 3.58. The van der Waals surface area contributed by atoms with E-state index in [2.05, 4.69) is 31.4 Å². The first-order chi connectivity index (χ1) is 11.5. The van der Waals surface area contributed by atoms with Gasteiger partial charge in [-0.05, 0) is 61.3 Å². The summed E-state index contributed by atoms with van der Waals surface area (Å²) >= 11 is 10.3. The maximum absolute atomic E-state index is 12.7. The summed E-state index contributed by atoms with van der Waals surface area (Å²) < 4.78 is 3.17. The van der Waals surface area contributed by atoms with Crippen molar-refractivity contribution in [2.24, 2.45) is 0 Å². The average molecular weight is 423 g/mol. The molecule has 0 aliphatic carbocycles. The Morgan fingerprint density at radius 1 is 1.46 bits per heavy atom. The molecule has 124 valence electrons. The molecule has 0 saturated heterocycles. The van der Waals surface area contributed by atoms with Crippen LogP contribution in [0.3, 0.4) is 0 Å². The van der Waals surface area contributed by atoms with Crippen LogP contribution >= 0.6 is 39.5 Å². The van der Waals surface area contributed by atoms with Crippen LogP contribution in [-0.4, -0.2) is 20.7 Å². The van der Waals surface area contributed by atoms with Gasteiger partial charge in [0.2, 0.25) is 5.91 Å². The molecule has 0 spiro atoms. The van der Waals surface area contributed by atoms with E-state index in [1.54, 1.807) is 15.9 Å². The van der Waals surface area contributed by atoms with Crippen molar-refractivity contribution >= 4 is 51.1 Å². The standard InChI is InChI=1S/C16H15BrN4OS2/c1-9-8-11(5-6-12(9)17)18-15(22)10(2)21-14(19-20-16(21)23)13-4-3-7-24-13/h3-8,10H,1-2H3,(H,18,22)(H,20,23). The van der Waals surface area contributed by atoms with Crippen LogP contribution in [0.15, 0.2) is 40.2 Å². The molecule has 2 heterocycles. The molecule has 24 heavy (non-hydrogen) atoms. The van der Waals surface area contributed by atoms with Gasteiger partial charge in [-0.25, -0.2) is 0 Å². The maximum Gasteiger partial charge on any atom is 0.247 e. The van der Waals surface area contributed by atoms with Crippen LogP contribution in [0.2, 0.25) is 0 Å². The lowest BCUT2D eigenvalue weighted by Gasteiger charge is -2.15. The Hall–Kier alpha value is -1.77. The van der Waals surface area contributed by atoms with Crippen LogP contribution in [0.4, 0.5) is 5.69 Å². The van der Waals surface area contributed by atoms with Crippen LogP contribution in [-0.2, 0) is 4.79 Å². The first-order valence-electron chi connectivity index (χ1n) is 7.25. The zero-order valence-electron chi connectivity index (χ0n) is 13.0. The van der Waals surface area contributed by atoms with Crippen LogP contribution in [0.1, 0.15) is 18.5 Å². The van der Waals surface area contributed by atoms with E-state index in [-0.39, 0.29) is 5.91 Å². The SMILES string of the molecule is Cc1cc(NC(=O)C(C)n2c(-c3cccs3)n[nH]c2=S)ccc1Br. The molecule has 1 atom stereocenters. The van der Waals surface area contributed by atoms with Gasteiger partial charge in [0.25, 0.3) is 0 Å². The van der Waals surface area contributed by atoms with Gasteiger partial charge >= 0.3 is 0 Å². The molecule has 8 heteroatoms. The maximum atomic E-state index is 12.7. The van der Waals surface area contributed by atoms with Crippen molar-refractivity contribution in [1.82, 2.24) is 14.8 Å². The number of thiophene rings is 1. The van der Waals surface area contributed by atoms with Crippen LogP contribution in [0, 0.1) is 11.7 Å². The third kappa shape index (κ3) is 3.35. The molecular weight excluding hydrogens is 408 g/mol. The van der Waals surface area contributed by atoms with Gasteiger partial charge in [-0.3, -0.25) is 14.5 Å². The lowest BCUT2D eigenvalue weighted by Crippen LogP contribution is -2.24. The minimum atomic E-state index is -0.489. The Labute approximate surface area is 156 Å². The second kappa shape index (κ2) is 7.00. The second-order valence-corrected chi connectivity index (χ2v) is 7.52. The number of hydrogen-bond acceptors (Lipinski definition) is 4. The predicted molar refractivity (Wildman–Crippen MR) is 103 cm³/mol. The van der Waals surface area contributed by atoms with Crippen LogP contribution < -0.4 is 5.32 Å². The Morgan fingerprint density at radius 2 is 2.25 bits per heavy atom. The summed E-state index contributed by atoms with van der Waals surface area (Å²) in [6.45, 7) is 3.79. The number of aromatic nitrogens is 3. The van der Waals surface area contributed by atoms with Crippen molar-refractivity contribution in [1.29, 1.82) is 0 Å². The monoisotopic (exact) mass is 422 g/mol. The molecule has 3 aromatic rings. The molecule has 1 aromatic carbocycles. The fourth-order valence-electron chi connectivity index (χ4n) is 2.33. The number of anilines is 1. The molecule has 3 rings (SSSR count). The minimum absolute atomic E-state index is 0.146. The van der Waals surface area contributed by atoms with E-state index in [4.69, 9.17) is 12.2 Å². The number of halogens is 1. The Morgan fingerprint density at radius 3 is 2.92 bits per heavy atom. The molecule has 2 aromatic heterocycles. The third-order valence-electron chi connectivity index (χ3n) is 3.64. The average Bonchev–Trinajstić information content (AvgIpc) is 3.19. The summed E-state index contributed by atoms with van der Waals surface area (Å²) in [5.41, 5.74) is 1.81.